The number of nitrogens with zero attached hydrogens (tertiary/aromatic N) is 4. The van der Waals surface area contributed by atoms with Gasteiger partial charge in [0.25, 0.3) is 0 Å². The van der Waals surface area contributed by atoms with E-state index in [1.54, 1.807) is 6.33 Å². The Bertz CT molecular complexity index is 580. The highest BCUT2D eigenvalue weighted by atomic mass is 79.9. The molecule has 1 fully saturated rings. The number of aromatic nitrogens is 2. The van der Waals surface area contributed by atoms with Crippen LogP contribution in [-0.4, -0.2) is 53.1 Å². The lowest BCUT2D eigenvalue weighted by Crippen LogP contribution is -2.47. The van der Waals surface area contributed by atoms with Crippen molar-refractivity contribution in [2.45, 2.75) is 0 Å². The maximum absolute atomic E-state index is 4.36. The zero-order valence-corrected chi connectivity index (χ0v) is 12.4. The maximum Gasteiger partial charge on any atom is 0.151 e. The van der Waals surface area contributed by atoms with Gasteiger partial charge in [-0.25, -0.2) is 15.0 Å². The van der Waals surface area contributed by atoms with Crippen molar-refractivity contribution in [2.75, 3.05) is 38.7 Å². The monoisotopic (exact) mass is 321 g/mol. The molecule has 19 heavy (non-hydrogen) atoms. The number of likely N-dealkylation sites (N-methyl/N-ethyl adjacent to an activating group) is 1. The highest BCUT2D eigenvalue weighted by Gasteiger charge is 2.15. The summed E-state index contributed by atoms with van der Waals surface area (Å²) in [7, 11) is 2.15. The summed E-state index contributed by atoms with van der Waals surface area (Å²) in [6.07, 6.45) is 1.61. The molecule has 2 aromatic rings. The van der Waals surface area contributed by atoms with Gasteiger partial charge in [0.15, 0.2) is 5.82 Å². The van der Waals surface area contributed by atoms with E-state index in [0.29, 0.717) is 0 Å². The molecule has 100 valence electrons. The number of fused-ring (bicyclic) bond motifs is 1. The van der Waals surface area contributed by atoms with Crippen molar-refractivity contribution in [3.8, 4) is 0 Å². The first-order valence-electron chi connectivity index (χ1n) is 6.33. The van der Waals surface area contributed by atoms with Crippen LogP contribution in [0, 0.1) is 0 Å². The van der Waals surface area contributed by atoms with E-state index in [-0.39, 0.29) is 0 Å². The number of anilines is 1. The Labute approximate surface area is 120 Å². The molecule has 0 unspecified atom stereocenters. The van der Waals surface area contributed by atoms with E-state index in [2.05, 4.69) is 48.3 Å². The molecule has 0 bridgehead atoms. The van der Waals surface area contributed by atoms with Gasteiger partial charge >= 0.3 is 0 Å². The number of nitrogens with one attached hydrogen (secondary N) is 1. The molecule has 6 heteroatoms. The molecule has 1 aromatic heterocycles. The summed E-state index contributed by atoms with van der Waals surface area (Å²) in [5, 5.41) is 3.25. The fraction of sp³-hybridized carbons (Fsp3) is 0.385. The first-order valence-corrected chi connectivity index (χ1v) is 7.12. The van der Waals surface area contributed by atoms with E-state index >= 15 is 0 Å². The van der Waals surface area contributed by atoms with Crippen molar-refractivity contribution < 1.29 is 0 Å². The average molecular weight is 322 g/mol. The third kappa shape index (κ3) is 2.86. The molecule has 0 radical (unpaired) electrons. The number of hydrogen-bond donors (Lipinski definition) is 1. The minimum absolute atomic E-state index is 0.871. The summed E-state index contributed by atoms with van der Waals surface area (Å²) >= 11 is 3.50. The van der Waals surface area contributed by atoms with Gasteiger partial charge in [-0.2, -0.15) is 0 Å². The summed E-state index contributed by atoms with van der Waals surface area (Å²) in [6.45, 7) is 4.13. The standard InChI is InChI=1S/C13H16BrN5/c1-18-4-6-19(7-5-18)17-13-11-8-10(14)2-3-12(11)15-9-16-13/h2-3,8-9H,4-7H2,1H3,(H,15,16,17). The number of hydrazine groups is 1. The second kappa shape index (κ2) is 5.40. The van der Waals surface area contributed by atoms with E-state index in [1.165, 1.54) is 0 Å². The number of hydrogen-bond acceptors (Lipinski definition) is 5. The molecule has 1 aliphatic heterocycles. The second-order valence-electron chi connectivity index (χ2n) is 4.79. The smallest absolute Gasteiger partial charge is 0.151 e. The van der Waals surface area contributed by atoms with Crippen LogP contribution in [0.25, 0.3) is 10.9 Å². The van der Waals surface area contributed by atoms with E-state index in [0.717, 1.165) is 47.4 Å². The molecule has 2 heterocycles. The van der Waals surface area contributed by atoms with Gasteiger partial charge in [0.2, 0.25) is 0 Å². The Morgan fingerprint density at radius 2 is 1.95 bits per heavy atom. The molecule has 0 aliphatic carbocycles. The molecular weight excluding hydrogens is 306 g/mol. The minimum atomic E-state index is 0.871. The summed E-state index contributed by atoms with van der Waals surface area (Å²) in [6, 6.07) is 6.04. The van der Waals surface area contributed by atoms with Crippen molar-refractivity contribution in [1.29, 1.82) is 0 Å². The van der Waals surface area contributed by atoms with Crippen LogP contribution >= 0.6 is 15.9 Å². The molecule has 0 spiro atoms. The first kappa shape index (κ1) is 12.8. The van der Waals surface area contributed by atoms with Crippen molar-refractivity contribution in [2.24, 2.45) is 0 Å². The molecule has 1 aromatic carbocycles. The van der Waals surface area contributed by atoms with Gasteiger partial charge in [0, 0.05) is 36.0 Å². The topological polar surface area (TPSA) is 44.3 Å². The van der Waals surface area contributed by atoms with E-state index in [9.17, 15) is 0 Å². The van der Waals surface area contributed by atoms with Gasteiger partial charge in [-0.3, -0.25) is 0 Å². The van der Waals surface area contributed by atoms with Gasteiger partial charge < -0.3 is 10.3 Å². The maximum atomic E-state index is 4.36. The summed E-state index contributed by atoms with van der Waals surface area (Å²) in [5.74, 6) is 0.871. The lowest BCUT2D eigenvalue weighted by Gasteiger charge is -2.32. The van der Waals surface area contributed by atoms with Gasteiger partial charge in [-0.1, -0.05) is 15.9 Å². The van der Waals surface area contributed by atoms with E-state index in [4.69, 9.17) is 0 Å². The number of rotatable bonds is 2. The molecule has 1 N–H and O–H groups in total. The predicted molar refractivity (Wildman–Crippen MR) is 79.9 cm³/mol. The quantitative estimate of drug-likeness (QED) is 0.916. The Morgan fingerprint density at radius 1 is 1.16 bits per heavy atom. The Balaban J connectivity index is 1.86. The Morgan fingerprint density at radius 3 is 2.74 bits per heavy atom. The predicted octanol–water partition coefficient (Wildman–Crippen LogP) is 1.97. The van der Waals surface area contributed by atoms with Gasteiger partial charge in [0.05, 0.1) is 5.52 Å². The van der Waals surface area contributed by atoms with Crippen LogP contribution in [-0.2, 0) is 0 Å². The molecule has 0 atom stereocenters. The number of halogens is 1. The number of piperazine rings is 1. The fourth-order valence-corrected chi connectivity index (χ4v) is 2.55. The van der Waals surface area contributed by atoms with Crippen molar-refractivity contribution in [3.05, 3.63) is 29.0 Å². The van der Waals surface area contributed by atoms with Crippen LogP contribution in [0.1, 0.15) is 0 Å². The normalized spacial score (nSPS) is 17.8. The Hall–Kier alpha value is -1.24. The van der Waals surface area contributed by atoms with Gasteiger partial charge in [-0.05, 0) is 25.2 Å². The third-order valence-corrected chi connectivity index (χ3v) is 3.86. The molecular formula is C13H16BrN5. The van der Waals surface area contributed by atoms with E-state index in [1.807, 2.05) is 18.2 Å². The molecule has 3 rings (SSSR count). The molecule has 1 aliphatic rings. The first-order chi connectivity index (χ1) is 9.22. The van der Waals surface area contributed by atoms with E-state index < -0.39 is 0 Å². The second-order valence-corrected chi connectivity index (χ2v) is 5.70. The van der Waals surface area contributed by atoms with Gasteiger partial charge in [-0.15, -0.1) is 0 Å². The highest BCUT2D eigenvalue weighted by molar-refractivity contribution is 9.10. The van der Waals surface area contributed by atoms with Crippen LogP contribution < -0.4 is 5.43 Å². The molecule has 1 saturated heterocycles. The molecule has 5 nitrogen and oxygen atoms in total. The van der Waals surface area contributed by atoms with Crippen LogP contribution in [0.15, 0.2) is 29.0 Å². The van der Waals surface area contributed by atoms with Crippen LogP contribution in [0.4, 0.5) is 5.82 Å². The minimum Gasteiger partial charge on any atom is -0.304 e. The fourth-order valence-electron chi connectivity index (χ4n) is 2.19. The van der Waals surface area contributed by atoms with Crippen molar-refractivity contribution >= 4 is 32.7 Å². The third-order valence-electron chi connectivity index (χ3n) is 3.36. The zero-order chi connectivity index (χ0) is 13.2. The largest absolute Gasteiger partial charge is 0.304 e. The van der Waals surface area contributed by atoms with Crippen LogP contribution in [0.3, 0.4) is 0 Å². The SMILES string of the molecule is CN1CCN(Nc2ncnc3ccc(Br)cc23)CC1. The summed E-state index contributed by atoms with van der Waals surface area (Å²) < 4.78 is 1.04. The molecule has 0 amide bonds. The van der Waals surface area contributed by atoms with Crippen LogP contribution in [0.5, 0.6) is 0 Å². The van der Waals surface area contributed by atoms with Crippen LogP contribution in [0.2, 0.25) is 0 Å². The average Bonchev–Trinajstić information content (AvgIpc) is 2.42. The van der Waals surface area contributed by atoms with Crippen molar-refractivity contribution in [1.82, 2.24) is 19.9 Å². The number of benzene rings is 1. The lowest BCUT2D eigenvalue weighted by molar-refractivity contribution is 0.178. The van der Waals surface area contributed by atoms with Gasteiger partial charge in [0.1, 0.15) is 6.33 Å². The Kier molecular flexibility index (Phi) is 3.63. The van der Waals surface area contributed by atoms with Crippen molar-refractivity contribution in [3.63, 3.8) is 0 Å². The highest BCUT2D eigenvalue weighted by Crippen LogP contribution is 2.23. The summed E-state index contributed by atoms with van der Waals surface area (Å²) in [5.41, 5.74) is 4.36. The zero-order valence-electron chi connectivity index (χ0n) is 10.8. The summed E-state index contributed by atoms with van der Waals surface area (Å²) in [4.78, 5) is 11.0. The lowest BCUT2D eigenvalue weighted by atomic mass is 10.2. The molecule has 0 saturated carbocycles.